The topological polar surface area (TPSA) is 58.2 Å². The van der Waals surface area contributed by atoms with Crippen molar-refractivity contribution in [1.29, 1.82) is 0 Å². The Morgan fingerprint density at radius 3 is 2.94 bits per heavy atom. The monoisotopic (exact) mass is 254 g/mol. The Morgan fingerprint density at radius 1 is 1.50 bits per heavy atom. The Bertz CT molecular complexity index is 279. The van der Waals surface area contributed by atoms with E-state index in [0.29, 0.717) is 6.42 Å². The van der Waals surface area contributed by atoms with Gasteiger partial charge in [-0.15, -0.1) is 0 Å². The van der Waals surface area contributed by atoms with Crippen LogP contribution in [0.15, 0.2) is 0 Å². The molecular formula is C14H26N2O2. The molecule has 1 heterocycles. The van der Waals surface area contributed by atoms with E-state index in [0.717, 1.165) is 45.1 Å². The van der Waals surface area contributed by atoms with Crippen LogP contribution in [0.4, 0.5) is 0 Å². The van der Waals surface area contributed by atoms with Gasteiger partial charge in [0, 0.05) is 24.9 Å². The summed E-state index contributed by atoms with van der Waals surface area (Å²) in [5, 5.41) is 5.88. The van der Waals surface area contributed by atoms with Gasteiger partial charge in [0.15, 0.2) is 0 Å². The van der Waals surface area contributed by atoms with Crippen LogP contribution in [0.1, 0.15) is 58.8 Å². The lowest BCUT2D eigenvalue weighted by Crippen LogP contribution is -2.40. The maximum Gasteiger partial charge on any atom is 0.223 e. The first kappa shape index (κ1) is 15.0. The molecule has 2 N–H and O–H groups in total. The third kappa shape index (κ3) is 5.07. The van der Waals surface area contributed by atoms with Crippen molar-refractivity contribution < 1.29 is 9.59 Å². The van der Waals surface area contributed by atoms with Crippen LogP contribution in [0.25, 0.3) is 0 Å². The zero-order valence-electron chi connectivity index (χ0n) is 11.6. The molecule has 1 aliphatic rings. The van der Waals surface area contributed by atoms with E-state index in [1.54, 1.807) is 0 Å². The van der Waals surface area contributed by atoms with Crippen LogP contribution in [-0.4, -0.2) is 24.4 Å². The van der Waals surface area contributed by atoms with Crippen LogP contribution >= 0.6 is 0 Å². The Morgan fingerprint density at radius 2 is 2.28 bits per heavy atom. The van der Waals surface area contributed by atoms with Crippen LogP contribution in [-0.2, 0) is 9.59 Å². The van der Waals surface area contributed by atoms with E-state index < -0.39 is 0 Å². The second-order valence-corrected chi connectivity index (χ2v) is 5.15. The maximum absolute atomic E-state index is 12.1. The number of nitrogens with one attached hydrogen (secondary N) is 2. The van der Waals surface area contributed by atoms with E-state index in [4.69, 9.17) is 0 Å². The van der Waals surface area contributed by atoms with Crippen molar-refractivity contribution in [3.05, 3.63) is 0 Å². The van der Waals surface area contributed by atoms with Gasteiger partial charge in [-0.05, 0) is 25.7 Å². The van der Waals surface area contributed by atoms with Crippen molar-refractivity contribution >= 4 is 11.8 Å². The molecule has 0 aromatic rings. The largest absolute Gasteiger partial charge is 0.356 e. The molecule has 1 rings (SSSR count). The quantitative estimate of drug-likeness (QED) is 0.761. The molecule has 0 saturated carbocycles. The smallest absolute Gasteiger partial charge is 0.223 e. The minimum absolute atomic E-state index is 0.0238. The van der Waals surface area contributed by atoms with Gasteiger partial charge in [-0.2, -0.15) is 0 Å². The maximum atomic E-state index is 12.1. The number of carbonyl (C=O) groups excluding carboxylic acids is 2. The second kappa shape index (κ2) is 8.11. The lowest BCUT2D eigenvalue weighted by molar-refractivity contribution is -0.126. The molecule has 104 valence electrons. The lowest BCUT2D eigenvalue weighted by atomic mass is 9.97. The van der Waals surface area contributed by atoms with Gasteiger partial charge in [0.05, 0.1) is 0 Å². The van der Waals surface area contributed by atoms with Gasteiger partial charge in [-0.1, -0.05) is 26.7 Å². The molecule has 2 amide bonds. The molecule has 0 aromatic carbocycles. The van der Waals surface area contributed by atoms with E-state index in [1.807, 2.05) is 0 Å². The van der Waals surface area contributed by atoms with Crippen molar-refractivity contribution in [1.82, 2.24) is 10.6 Å². The van der Waals surface area contributed by atoms with Gasteiger partial charge >= 0.3 is 0 Å². The van der Waals surface area contributed by atoms with E-state index in [-0.39, 0.29) is 23.8 Å². The number of amides is 2. The molecule has 0 radical (unpaired) electrons. The Balaban J connectivity index is 2.43. The van der Waals surface area contributed by atoms with E-state index >= 15 is 0 Å². The molecule has 1 fully saturated rings. The molecule has 0 aromatic heterocycles. The van der Waals surface area contributed by atoms with Crippen molar-refractivity contribution in [2.75, 3.05) is 6.54 Å². The summed E-state index contributed by atoms with van der Waals surface area (Å²) in [4.78, 5) is 23.5. The first-order valence-corrected chi connectivity index (χ1v) is 7.24. The van der Waals surface area contributed by atoms with Crippen molar-refractivity contribution in [2.45, 2.75) is 64.8 Å². The third-order valence-electron chi connectivity index (χ3n) is 3.60. The SMILES string of the molecule is CCCCC(CC)C(=O)NC1CCCNC(=O)C1. The fraction of sp³-hybridized carbons (Fsp3) is 0.857. The van der Waals surface area contributed by atoms with Crippen LogP contribution in [0.5, 0.6) is 0 Å². The fourth-order valence-electron chi connectivity index (χ4n) is 2.39. The molecule has 1 saturated heterocycles. The highest BCUT2D eigenvalue weighted by molar-refractivity contribution is 5.81. The number of unbranched alkanes of at least 4 members (excludes halogenated alkanes) is 1. The molecule has 0 bridgehead atoms. The van der Waals surface area contributed by atoms with Gasteiger partial charge in [0.1, 0.15) is 0 Å². The Labute approximate surface area is 110 Å². The minimum atomic E-state index is 0.0238. The predicted molar refractivity (Wildman–Crippen MR) is 72.1 cm³/mol. The molecule has 2 unspecified atom stereocenters. The van der Waals surface area contributed by atoms with Crippen LogP contribution in [0.2, 0.25) is 0 Å². The molecular weight excluding hydrogens is 228 g/mol. The molecule has 0 aliphatic carbocycles. The summed E-state index contributed by atoms with van der Waals surface area (Å²) < 4.78 is 0. The summed E-state index contributed by atoms with van der Waals surface area (Å²) in [6.45, 7) is 4.93. The third-order valence-corrected chi connectivity index (χ3v) is 3.60. The van der Waals surface area contributed by atoms with Gasteiger partial charge in [-0.25, -0.2) is 0 Å². The second-order valence-electron chi connectivity index (χ2n) is 5.15. The first-order valence-electron chi connectivity index (χ1n) is 7.24. The van der Waals surface area contributed by atoms with E-state index in [1.165, 1.54) is 0 Å². The van der Waals surface area contributed by atoms with Gasteiger partial charge in [0.2, 0.25) is 11.8 Å². The Kier molecular flexibility index (Phi) is 6.76. The van der Waals surface area contributed by atoms with Crippen molar-refractivity contribution in [3.8, 4) is 0 Å². The summed E-state index contributed by atoms with van der Waals surface area (Å²) >= 11 is 0. The predicted octanol–water partition coefficient (Wildman–Crippen LogP) is 1.99. The number of hydrogen-bond acceptors (Lipinski definition) is 2. The van der Waals surface area contributed by atoms with Gasteiger partial charge < -0.3 is 10.6 Å². The number of carbonyl (C=O) groups is 2. The normalized spacial score (nSPS) is 21.9. The standard InChI is InChI=1S/C14H26N2O2/c1-3-5-7-11(4-2)14(18)16-12-8-6-9-15-13(17)10-12/h11-12H,3-10H2,1-2H3,(H,15,17)(H,16,18). The minimum Gasteiger partial charge on any atom is -0.356 e. The lowest BCUT2D eigenvalue weighted by Gasteiger charge is -2.20. The highest BCUT2D eigenvalue weighted by Gasteiger charge is 2.22. The zero-order valence-corrected chi connectivity index (χ0v) is 11.6. The molecule has 2 atom stereocenters. The number of rotatable bonds is 6. The van der Waals surface area contributed by atoms with Crippen LogP contribution in [0.3, 0.4) is 0 Å². The molecule has 4 nitrogen and oxygen atoms in total. The summed E-state index contributed by atoms with van der Waals surface area (Å²) in [6.07, 6.45) is 6.32. The first-order chi connectivity index (χ1) is 8.67. The average molecular weight is 254 g/mol. The molecule has 18 heavy (non-hydrogen) atoms. The van der Waals surface area contributed by atoms with Crippen LogP contribution < -0.4 is 10.6 Å². The summed E-state index contributed by atoms with van der Waals surface area (Å²) in [5.41, 5.74) is 0. The molecule has 0 spiro atoms. The Hall–Kier alpha value is -1.06. The molecule has 1 aliphatic heterocycles. The number of hydrogen-bond donors (Lipinski definition) is 2. The highest BCUT2D eigenvalue weighted by Crippen LogP contribution is 2.14. The summed E-state index contributed by atoms with van der Waals surface area (Å²) in [6, 6.07) is 0.0238. The van der Waals surface area contributed by atoms with E-state index in [2.05, 4.69) is 24.5 Å². The van der Waals surface area contributed by atoms with E-state index in [9.17, 15) is 9.59 Å². The van der Waals surface area contributed by atoms with Gasteiger partial charge in [0.25, 0.3) is 0 Å². The van der Waals surface area contributed by atoms with Crippen molar-refractivity contribution in [2.24, 2.45) is 5.92 Å². The molecule has 4 heteroatoms. The van der Waals surface area contributed by atoms with Crippen molar-refractivity contribution in [3.63, 3.8) is 0 Å². The summed E-state index contributed by atoms with van der Waals surface area (Å²) in [5.74, 6) is 0.293. The highest BCUT2D eigenvalue weighted by atomic mass is 16.2. The fourth-order valence-corrected chi connectivity index (χ4v) is 2.39. The zero-order chi connectivity index (χ0) is 13.4. The summed E-state index contributed by atoms with van der Waals surface area (Å²) in [7, 11) is 0. The average Bonchev–Trinajstić information content (AvgIpc) is 2.54. The van der Waals surface area contributed by atoms with Crippen LogP contribution in [0, 0.1) is 5.92 Å². The van der Waals surface area contributed by atoms with Gasteiger partial charge in [-0.3, -0.25) is 9.59 Å².